The molecule has 4 N–H and O–H groups in total. The Bertz CT molecular complexity index is 370. The van der Waals surface area contributed by atoms with Crippen LogP contribution in [0, 0.1) is 0 Å². The van der Waals surface area contributed by atoms with Crippen molar-refractivity contribution in [3.8, 4) is 0 Å². The molecule has 0 fully saturated rings. The van der Waals surface area contributed by atoms with Gasteiger partial charge in [0.2, 0.25) is 5.91 Å². The van der Waals surface area contributed by atoms with E-state index in [9.17, 15) is 9.59 Å². The van der Waals surface area contributed by atoms with Gasteiger partial charge < -0.3 is 16.2 Å². The summed E-state index contributed by atoms with van der Waals surface area (Å²) in [5.41, 5.74) is 5.42. The number of nitrogens with two attached hydrogens (primary N) is 1. The Morgan fingerprint density at radius 2 is 1.56 bits per heavy atom. The monoisotopic (exact) mass is 354 g/mol. The number of aliphatic carboxylic acids is 1. The molecule has 5 nitrogen and oxygen atoms in total. The van der Waals surface area contributed by atoms with E-state index >= 15 is 0 Å². The number of carbonyl (C=O) groups is 2. The van der Waals surface area contributed by atoms with Gasteiger partial charge in [-0.3, -0.25) is 9.59 Å². The summed E-state index contributed by atoms with van der Waals surface area (Å²) in [7, 11) is 0. The van der Waals surface area contributed by atoms with Crippen LogP contribution in [0.15, 0.2) is 12.2 Å². The molecule has 0 aromatic carbocycles. The molecule has 0 aromatic heterocycles. The van der Waals surface area contributed by atoms with Gasteiger partial charge in [-0.15, -0.1) is 0 Å². The van der Waals surface area contributed by atoms with Crippen molar-refractivity contribution in [3.63, 3.8) is 0 Å². The van der Waals surface area contributed by atoms with E-state index in [1.807, 2.05) is 0 Å². The Hall–Kier alpha value is -1.36. The molecule has 0 spiro atoms. The second kappa shape index (κ2) is 17.5. The maximum absolute atomic E-state index is 11.7. The third kappa shape index (κ3) is 17.3. The van der Waals surface area contributed by atoms with Crippen molar-refractivity contribution in [1.29, 1.82) is 0 Å². The van der Waals surface area contributed by atoms with Crippen LogP contribution in [0.1, 0.15) is 90.4 Å². The predicted octanol–water partition coefficient (Wildman–Crippen LogP) is 4.16. The van der Waals surface area contributed by atoms with Crippen molar-refractivity contribution < 1.29 is 14.7 Å². The van der Waals surface area contributed by atoms with E-state index in [-0.39, 0.29) is 5.91 Å². The highest BCUT2D eigenvalue weighted by Gasteiger charge is 2.10. The number of allylic oxidation sites excluding steroid dienone is 2. The molecule has 0 unspecified atom stereocenters. The van der Waals surface area contributed by atoms with Crippen LogP contribution in [0.2, 0.25) is 0 Å². The first-order chi connectivity index (χ1) is 12.1. The Labute approximate surface area is 153 Å². The molecule has 0 saturated heterocycles. The zero-order chi connectivity index (χ0) is 18.8. The van der Waals surface area contributed by atoms with Crippen LogP contribution in [0.5, 0.6) is 0 Å². The number of carbonyl (C=O) groups excluding carboxylic acids is 1. The molecule has 0 rings (SSSR count). The number of unbranched alkanes of at least 4 members (excludes halogenated alkanes) is 9. The third-order valence-corrected chi connectivity index (χ3v) is 4.34. The summed E-state index contributed by atoms with van der Waals surface area (Å²) in [4.78, 5) is 22.2. The third-order valence-electron chi connectivity index (χ3n) is 4.34. The van der Waals surface area contributed by atoms with Gasteiger partial charge in [0.25, 0.3) is 0 Å². The lowest BCUT2D eigenvalue weighted by Gasteiger charge is -2.07. The number of rotatable bonds is 17. The first-order valence-corrected chi connectivity index (χ1v) is 9.94. The lowest BCUT2D eigenvalue weighted by atomic mass is 10.1. The first-order valence-electron chi connectivity index (χ1n) is 9.94. The fourth-order valence-electron chi connectivity index (χ4n) is 2.70. The van der Waals surface area contributed by atoms with Gasteiger partial charge in [0.15, 0.2) is 0 Å². The molecule has 25 heavy (non-hydrogen) atoms. The van der Waals surface area contributed by atoms with E-state index in [0.717, 1.165) is 25.7 Å². The summed E-state index contributed by atoms with van der Waals surface area (Å²) in [5, 5.41) is 11.6. The van der Waals surface area contributed by atoms with Crippen molar-refractivity contribution in [1.82, 2.24) is 5.32 Å². The molecule has 146 valence electrons. The lowest BCUT2D eigenvalue weighted by Crippen LogP contribution is -2.30. The van der Waals surface area contributed by atoms with Crippen molar-refractivity contribution in [2.24, 2.45) is 5.73 Å². The number of carboxylic acids is 1. The number of hydrogen-bond acceptors (Lipinski definition) is 3. The van der Waals surface area contributed by atoms with E-state index in [2.05, 4.69) is 24.4 Å². The normalized spacial score (nSPS) is 12.4. The van der Waals surface area contributed by atoms with E-state index in [4.69, 9.17) is 10.8 Å². The summed E-state index contributed by atoms with van der Waals surface area (Å²) in [6, 6.07) is -0.788. The Morgan fingerprint density at radius 3 is 2.16 bits per heavy atom. The zero-order valence-electron chi connectivity index (χ0n) is 16.0. The summed E-state index contributed by atoms with van der Waals surface area (Å²) in [5.74, 6) is -0.857. The van der Waals surface area contributed by atoms with Crippen LogP contribution in [-0.2, 0) is 9.59 Å². The highest BCUT2D eigenvalue weighted by Crippen LogP contribution is 2.10. The molecule has 5 heteroatoms. The fourth-order valence-corrected chi connectivity index (χ4v) is 2.70. The molecule has 0 aliphatic heterocycles. The molecular weight excluding hydrogens is 316 g/mol. The van der Waals surface area contributed by atoms with Gasteiger partial charge in [-0.25, -0.2) is 0 Å². The van der Waals surface area contributed by atoms with Gasteiger partial charge in [-0.1, -0.05) is 50.7 Å². The topological polar surface area (TPSA) is 92.4 Å². The number of hydrogen-bond donors (Lipinski definition) is 3. The average molecular weight is 355 g/mol. The second-order valence-electron chi connectivity index (χ2n) is 6.73. The molecule has 0 saturated carbocycles. The molecule has 0 aromatic rings. The molecule has 1 amide bonds. The van der Waals surface area contributed by atoms with Crippen molar-refractivity contribution in [2.45, 2.75) is 96.4 Å². The van der Waals surface area contributed by atoms with Crippen LogP contribution < -0.4 is 11.1 Å². The number of amides is 1. The van der Waals surface area contributed by atoms with Crippen LogP contribution in [-0.4, -0.2) is 29.6 Å². The minimum absolute atomic E-state index is 0.103. The first kappa shape index (κ1) is 23.6. The summed E-state index contributed by atoms with van der Waals surface area (Å²) < 4.78 is 0. The summed E-state index contributed by atoms with van der Waals surface area (Å²) in [6.45, 7) is 2.68. The summed E-state index contributed by atoms with van der Waals surface area (Å²) in [6.07, 6.45) is 17.9. The number of carboxylic acid groups (broad SMARTS) is 1. The van der Waals surface area contributed by atoms with E-state index in [1.54, 1.807) is 0 Å². The fraction of sp³-hybridized carbons (Fsp3) is 0.800. The largest absolute Gasteiger partial charge is 0.480 e. The van der Waals surface area contributed by atoms with Gasteiger partial charge >= 0.3 is 5.97 Å². The second-order valence-corrected chi connectivity index (χ2v) is 6.73. The van der Waals surface area contributed by atoms with Gasteiger partial charge in [0, 0.05) is 13.0 Å². The quantitative estimate of drug-likeness (QED) is 0.270. The van der Waals surface area contributed by atoms with Gasteiger partial charge in [-0.05, 0) is 45.4 Å². The van der Waals surface area contributed by atoms with Crippen molar-refractivity contribution in [2.75, 3.05) is 6.54 Å². The molecule has 0 aliphatic rings. The molecular formula is C20H38N2O3. The van der Waals surface area contributed by atoms with E-state index < -0.39 is 12.0 Å². The minimum atomic E-state index is -0.960. The smallest absolute Gasteiger partial charge is 0.320 e. The average Bonchev–Trinajstić information content (AvgIpc) is 2.59. The Morgan fingerprint density at radius 1 is 0.960 bits per heavy atom. The van der Waals surface area contributed by atoms with Crippen LogP contribution >= 0.6 is 0 Å². The number of nitrogens with one attached hydrogen (secondary N) is 1. The predicted molar refractivity (Wildman–Crippen MR) is 103 cm³/mol. The summed E-state index contributed by atoms with van der Waals surface area (Å²) >= 11 is 0. The molecule has 0 radical (unpaired) electrons. The Kier molecular flexibility index (Phi) is 16.5. The van der Waals surface area contributed by atoms with Gasteiger partial charge in [-0.2, -0.15) is 0 Å². The van der Waals surface area contributed by atoms with Gasteiger partial charge in [0.1, 0.15) is 6.04 Å². The maximum atomic E-state index is 11.7. The van der Waals surface area contributed by atoms with Crippen LogP contribution in [0.25, 0.3) is 0 Å². The Balaban J connectivity index is 3.27. The molecule has 0 bridgehead atoms. The SMILES string of the molecule is C/C=C/CCCCCCCCCCC(=O)NCCCC[C@H](N)C(=O)O. The van der Waals surface area contributed by atoms with E-state index in [0.29, 0.717) is 19.4 Å². The van der Waals surface area contributed by atoms with Crippen molar-refractivity contribution in [3.05, 3.63) is 12.2 Å². The molecule has 0 heterocycles. The molecule has 0 aliphatic carbocycles. The van der Waals surface area contributed by atoms with Gasteiger partial charge in [0.05, 0.1) is 0 Å². The highest BCUT2D eigenvalue weighted by molar-refractivity contribution is 5.75. The zero-order valence-corrected chi connectivity index (χ0v) is 16.0. The van der Waals surface area contributed by atoms with Crippen LogP contribution in [0.4, 0.5) is 0 Å². The van der Waals surface area contributed by atoms with E-state index in [1.165, 1.54) is 44.9 Å². The maximum Gasteiger partial charge on any atom is 0.320 e. The minimum Gasteiger partial charge on any atom is -0.480 e. The molecule has 1 atom stereocenters. The highest BCUT2D eigenvalue weighted by atomic mass is 16.4. The standard InChI is InChI=1S/C20H38N2O3/c1-2-3-4-5-6-7-8-9-10-11-12-16-19(23)22-17-14-13-15-18(21)20(24)25/h2-3,18H,4-17,21H2,1H3,(H,22,23)(H,24,25)/b3-2+/t18-/m0/s1. The van der Waals surface area contributed by atoms with Crippen molar-refractivity contribution >= 4 is 11.9 Å². The lowest BCUT2D eigenvalue weighted by molar-refractivity contribution is -0.138. The van der Waals surface area contributed by atoms with Crippen LogP contribution in [0.3, 0.4) is 0 Å².